The number of nitrogens with zero attached hydrogens (tertiary/aromatic N) is 2. The van der Waals surface area contributed by atoms with Gasteiger partial charge in [0.25, 0.3) is 5.91 Å². The van der Waals surface area contributed by atoms with Gasteiger partial charge in [-0.25, -0.2) is 5.43 Å². The molecule has 0 unspecified atom stereocenters. The number of phenolic OH excluding ortho intramolecular Hbond substituents is 1. The Morgan fingerprint density at radius 1 is 1.22 bits per heavy atom. The predicted molar refractivity (Wildman–Crippen MR) is 107 cm³/mol. The molecule has 0 aromatic heterocycles. The topological polar surface area (TPSA) is 94.0 Å². The van der Waals surface area contributed by atoms with E-state index in [4.69, 9.17) is 0 Å². The molecule has 27 heavy (non-hydrogen) atoms. The van der Waals surface area contributed by atoms with E-state index >= 15 is 0 Å². The van der Waals surface area contributed by atoms with Crippen molar-refractivity contribution < 1.29 is 14.7 Å². The summed E-state index contributed by atoms with van der Waals surface area (Å²) in [5, 5.41) is 16.7. The van der Waals surface area contributed by atoms with Crippen molar-refractivity contribution in [1.29, 1.82) is 0 Å². The van der Waals surface area contributed by atoms with Crippen molar-refractivity contribution in [2.24, 2.45) is 11.0 Å². The zero-order valence-electron chi connectivity index (χ0n) is 16.2. The van der Waals surface area contributed by atoms with Gasteiger partial charge in [-0.1, -0.05) is 19.3 Å². The fourth-order valence-corrected chi connectivity index (χ4v) is 3.32. The number of amides is 2. The molecule has 0 spiro atoms. The average Bonchev–Trinajstić information content (AvgIpc) is 2.69. The molecule has 2 amide bonds. The van der Waals surface area contributed by atoms with Crippen molar-refractivity contribution >= 4 is 23.7 Å². The molecule has 0 aliphatic heterocycles. The smallest absolute Gasteiger partial charge is 0.259 e. The number of hydrazone groups is 1. The molecule has 1 aliphatic rings. The number of hydrogen-bond donors (Lipinski definition) is 3. The fourth-order valence-electron chi connectivity index (χ4n) is 3.32. The maximum Gasteiger partial charge on any atom is 0.259 e. The summed E-state index contributed by atoms with van der Waals surface area (Å²) in [6, 6.07) is 5.34. The molecule has 1 aromatic rings. The Kier molecular flexibility index (Phi) is 8.10. The molecule has 1 saturated carbocycles. The SMILES string of the molecule is CCN(CC)c1ccc(C=NNC(=O)CNC(=O)C2CCCCC2)c(O)c1. The van der Waals surface area contributed by atoms with E-state index in [1.165, 1.54) is 12.6 Å². The molecule has 148 valence electrons. The van der Waals surface area contributed by atoms with Crippen molar-refractivity contribution in [3.63, 3.8) is 0 Å². The van der Waals surface area contributed by atoms with E-state index in [0.717, 1.165) is 44.5 Å². The van der Waals surface area contributed by atoms with E-state index in [0.29, 0.717) is 5.56 Å². The second kappa shape index (κ2) is 10.5. The zero-order valence-corrected chi connectivity index (χ0v) is 16.2. The highest BCUT2D eigenvalue weighted by Gasteiger charge is 2.21. The highest BCUT2D eigenvalue weighted by Crippen LogP contribution is 2.24. The number of hydrogen-bond acceptors (Lipinski definition) is 5. The first-order chi connectivity index (χ1) is 13.0. The van der Waals surface area contributed by atoms with Gasteiger partial charge in [-0.2, -0.15) is 5.10 Å². The molecule has 7 heteroatoms. The van der Waals surface area contributed by atoms with E-state index in [1.54, 1.807) is 12.1 Å². The third-order valence-corrected chi connectivity index (χ3v) is 4.93. The number of carbonyl (C=O) groups excluding carboxylic acids is 2. The lowest BCUT2D eigenvalue weighted by molar-refractivity contribution is -0.129. The Hall–Kier alpha value is -2.57. The molecule has 0 saturated heterocycles. The molecule has 1 aliphatic carbocycles. The van der Waals surface area contributed by atoms with Crippen LogP contribution < -0.4 is 15.6 Å². The van der Waals surface area contributed by atoms with Crippen LogP contribution in [0.3, 0.4) is 0 Å². The van der Waals surface area contributed by atoms with Crippen LogP contribution in [0.25, 0.3) is 0 Å². The Morgan fingerprint density at radius 2 is 1.93 bits per heavy atom. The maximum absolute atomic E-state index is 12.0. The van der Waals surface area contributed by atoms with E-state index in [1.807, 2.05) is 6.07 Å². The molecular formula is C20H30N4O3. The van der Waals surface area contributed by atoms with Gasteiger partial charge >= 0.3 is 0 Å². The number of nitrogens with one attached hydrogen (secondary N) is 2. The van der Waals surface area contributed by atoms with Crippen LogP contribution in [-0.4, -0.2) is 42.8 Å². The van der Waals surface area contributed by atoms with Gasteiger partial charge in [0.15, 0.2) is 0 Å². The third kappa shape index (κ3) is 6.27. The number of rotatable bonds is 8. The molecule has 0 radical (unpaired) electrons. The Labute approximate surface area is 160 Å². The lowest BCUT2D eigenvalue weighted by Gasteiger charge is -2.21. The first-order valence-electron chi connectivity index (χ1n) is 9.72. The van der Waals surface area contributed by atoms with Crippen LogP contribution in [0, 0.1) is 5.92 Å². The molecule has 3 N–H and O–H groups in total. The summed E-state index contributed by atoms with van der Waals surface area (Å²) in [6.45, 7) is 5.72. The van der Waals surface area contributed by atoms with Crippen LogP contribution >= 0.6 is 0 Å². The van der Waals surface area contributed by atoms with Gasteiger partial charge in [0, 0.05) is 36.3 Å². The molecule has 7 nitrogen and oxygen atoms in total. The van der Waals surface area contributed by atoms with Crippen LogP contribution in [-0.2, 0) is 9.59 Å². The fraction of sp³-hybridized carbons (Fsp3) is 0.550. The van der Waals surface area contributed by atoms with E-state index in [2.05, 4.69) is 34.6 Å². The number of aromatic hydroxyl groups is 1. The summed E-state index contributed by atoms with van der Waals surface area (Å²) < 4.78 is 0. The monoisotopic (exact) mass is 374 g/mol. The molecule has 0 atom stereocenters. The minimum absolute atomic E-state index is 0.0244. The summed E-state index contributed by atoms with van der Waals surface area (Å²) in [5.41, 5.74) is 3.82. The van der Waals surface area contributed by atoms with Crippen LogP contribution in [0.2, 0.25) is 0 Å². The summed E-state index contributed by atoms with van der Waals surface area (Å²) in [4.78, 5) is 26.0. The highest BCUT2D eigenvalue weighted by molar-refractivity contribution is 5.88. The summed E-state index contributed by atoms with van der Waals surface area (Å²) in [6.07, 6.45) is 6.52. The van der Waals surface area contributed by atoms with Gasteiger partial charge in [0.1, 0.15) is 5.75 Å². The van der Waals surface area contributed by atoms with E-state index in [9.17, 15) is 14.7 Å². The van der Waals surface area contributed by atoms with E-state index < -0.39 is 5.91 Å². The Balaban J connectivity index is 1.80. The van der Waals surface area contributed by atoms with Crippen LogP contribution in [0.1, 0.15) is 51.5 Å². The van der Waals surface area contributed by atoms with Crippen molar-refractivity contribution in [2.45, 2.75) is 46.0 Å². The molecular weight excluding hydrogens is 344 g/mol. The van der Waals surface area contributed by atoms with Gasteiger partial charge in [-0.15, -0.1) is 0 Å². The Bertz CT molecular complexity index is 665. The van der Waals surface area contributed by atoms with Gasteiger partial charge in [-0.3, -0.25) is 9.59 Å². The second-order valence-corrected chi connectivity index (χ2v) is 6.76. The summed E-state index contributed by atoms with van der Waals surface area (Å²) >= 11 is 0. The molecule has 1 fully saturated rings. The van der Waals surface area contributed by atoms with Gasteiger partial charge in [-0.05, 0) is 38.8 Å². The minimum atomic E-state index is -0.394. The number of phenols is 1. The normalized spacial score (nSPS) is 14.9. The van der Waals surface area contributed by atoms with Gasteiger partial charge < -0.3 is 15.3 Å². The van der Waals surface area contributed by atoms with Gasteiger partial charge in [0.2, 0.25) is 5.91 Å². The lowest BCUT2D eigenvalue weighted by atomic mass is 9.89. The average molecular weight is 374 g/mol. The lowest BCUT2D eigenvalue weighted by Crippen LogP contribution is -2.38. The Morgan fingerprint density at radius 3 is 2.56 bits per heavy atom. The molecule has 0 bridgehead atoms. The number of anilines is 1. The van der Waals surface area contributed by atoms with Crippen molar-refractivity contribution in [3.05, 3.63) is 23.8 Å². The van der Waals surface area contributed by atoms with Crippen molar-refractivity contribution in [2.75, 3.05) is 24.5 Å². The summed E-state index contributed by atoms with van der Waals surface area (Å²) in [5.74, 6) is -0.326. The van der Waals surface area contributed by atoms with Crippen LogP contribution in [0.4, 0.5) is 5.69 Å². The first-order valence-corrected chi connectivity index (χ1v) is 9.72. The van der Waals surface area contributed by atoms with Crippen molar-refractivity contribution in [3.8, 4) is 5.75 Å². The summed E-state index contributed by atoms with van der Waals surface area (Å²) in [7, 11) is 0. The molecule has 2 rings (SSSR count). The van der Waals surface area contributed by atoms with Crippen LogP contribution in [0.5, 0.6) is 5.75 Å². The number of carbonyl (C=O) groups is 2. The van der Waals surface area contributed by atoms with E-state index in [-0.39, 0.29) is 24.1 Å². The first kappa shape index (κ1) is 20.7. The molecule has 0 heterocycles. The second-order valence-electron chi connectivity index (χ2n) is 6.76. The minimum Gasteiger partial charge on any atom is -0.507 e. The third-order valence-electron chi connectivity index (χ3n) is 4.93. The van der Waals surface area contributed by atoms with Gasteiger partial charge in [0.05, 0.1) is 12.8 Å². The largest absolute Gasteiger partial charge is 0.507 e. The predicted octanol–water partition coefficient (Wildman–Crippen LogP) is 2.38. The molecule has 1 aromatic carbocycles. The number of benzene rings is 1. The zero-order chi connectivity index (χ0) is 19.6. The van der Waals surface area contributed by atoms with Crippen molar-refractivity contribution in [1.82, 2.24) is 10.7 Å². The quantitative estimate of drug-likeness (QED) is 0.481. The van der Waals surface area contributed by atoms with Crippen LogP contribution in [0.15, 0.2) is 23.3 Å². The maximum atomic E-state index is 12.0. The highest BCUT2D eigenvalue weighted by atomic mass is 16.3. The standard InChI is InChI=1S/C20H30N4O3/c1-3-24(4-2)17-11-10-16(18(25)12-17)13-22-23-19(26)14-21-20(27)15-8-6-5-7-9-15/h10-13,15,25H,3-9,14H2,1-2H3,(H,21,27)(H,23,26).